The minimum Gasteiger partial charge on any atom is -0.492 e. The number of benzene rings is 1. The summed E-state index contributed by atoms with van der Waals surface area (Å²) < 4.78 is 17.7. The first-order valence-corrected chi connectivity index (χ1v) is 5.78. The largest absolute Gasteiger partial charge is 0.492 e. The first kappa shape index (κ1) is 12.1. The molecule has 16 heavy (non-hydrogen) atoms. The number of ether oxygens (including phenoxy) is 1. The molecule has 2 rings (SSSR count). The van der Waals surface area contributed by atoms with Gasteiger partial charge in [-0.05, 0) is 12.5 Å². The molecule has 2 N–H and O–H groups in total. The van der Waals surface area contributed by atoms with Crippen LogP contribution in [0.4, 0.5) is 10.1 Å². The summed E-state index contributed by atoms with van der Waals surface area (Å²) in [5.74, 6) is -0.136. The molecule has 1 saturated carbocycles. The average molecular weight is 285 g/mol. The highest BCUT2D eigenvalue weighted by Crippen LogP contribution is 2.53. The Balaban J connectivity index is 2.02. The number of halogens is 4. The predicted molar refractivity (Wildman–Crippen MR) is 63.9 cm³/mol. The number of rotatable bonds is 3. The standard InChI is InChI=1S/C10H9Cl3FNO/c11-6-1-7(14)8(15)2-9(6)16-4-5-3-10(5,12)13/h1-2,5H,3-4,15H2. The molecule has 0 heterocycles. The first-order chi connectivity index (χ1) is 7.40. The van der Waals surface area contributed by atoms with E-state index in [-0.39, 0.29) is 16.6 Å². The van der Waals surface area contributed by atoms with Crippen LogP contribution in [0.5, 0.6) is 5.75 Å². The van der Waals surface area contributed by atoms with E-state index in [9.17, 15) is 4.39 Å². The Kier molecular flexibility index (Phi) is 3.12. The zero-order chi connectivity index (χ0) is 11.9. The lowest BCUT2D eigenvalue weighted by Crippen LogP contribution is -2.05. The molecule has 0 amide bonds. The van der Waals surface area contributed by atoms with Gasteiger partial charge in [0.1, 0.15) is 15.9 Å². The molecule has 0 saturated heterocycles. The lowest BCUT2D eigenvalue weighted by Gasteiger charge is -2.09. The molecule has 0 bridgehead atoms. The SMILES string of the molecule is Nc1cc(OCC2CC2(Cl)Cl)c(Cl)cc1F. The Bertz CT molecular complexity index is 425. The summed E-state index contributed by atoms with van der Waals surface area (Å²) in [6.07, 6.45) is 0.685. The number of hydrogen-bond donors (Lipinski definition) is 1. The van der Waals surface area contributed by atoms with Crippen LogP contribution in [0.3, 0.4) is 0 Å². The Morgan fingerprint density at radius 3 is 2.69 bits per heavy atom. The zero-order valence-corrected chi connectivity index (χ0v) is 10.4. The van der Waals surface area contributed by atoms with E-state index in [2.05, 4.69) is 0 Å². The molecular formula is C10H9Cl3FNO. The summed E-state index contributed by atoms with van der Waals surface area (Å²) in [6, 6.07) is 2.47. The lowest BCUT2D eigenvalue weighted by molar-refractivity contribution is 0.298. The molecule has 0 aliphatic heterocycles. The van der Waals surface area contributed by atoms with E-state index >= 15 is 0 Å². The van der Waals surface area contributed by atoms with Crippen LogP contribution >= 0.6 is 34.8 Å². The van der Waals surface area contributed by atoms with Crippen molar-refractivity contribution in [2.24, 2.45) is 5.92 Å². The molecule has 1 aromatic carbocycles. The van der Waals surface area contributed by atoms with E-state index in [0.29, 0.717) is 18.8 Å². The van der Waals surface area contributed by atoms with Crippen molar-refractivity contribution in [3.8, 4) is 5.75 Å². The number of anilines is 1. The minimum atomic E-state index is -0.696. The Morgan fingerprint density at radius 1 is 1.50 bits per heavy atom. The van der Waals surface area contributed by atoms with E-state index in [1.807, 2.05) is 0 Å². The van der Waals surface area contributed by atoms with Crippen LogP contribution in [0.25, 0.3) is 0 Å². The molecule has 0 spiro atoms. The van der Waals surface area contributed by atoms with Crippen molar-refractivity contribution in [3.63, 3.8) is 0 Å². The molecule has 0 radical (unpaired) electrons. The number of hydrogen-bond acceptors (Lipinski definition) is 2. The molecule has 2 nitrogen and oxygen atoms in total. The van der Waals surface area contributed by atoms with Crippen LogP contribution in [-0.4, -0.2) is 10.9 Å². The van der Waals surface area contributed by atoms with Crippen molar-refractivity contribution in [1.82, 2.24) is 0 Å². The average Bonchev–Trinajstić information content (AvgIpc) is 2.78. The van der Waals surface area contributed by atoms with Gasteiger partial charge in [-0.1, -0.05) is 11.6 Å². The van der Waals surface area contributed by atoms with Gasteiger partial charge in [-0.2, -0.15) is 0 Å². The van der Waals surface area contributed by atoms with Gasteiger partial charge < -0.3 is 10.5 Å². The van der Waals surface area contributed by atoms with Gasteiger partial charge in [-0.25, -0.2) is 4.39 Å². The van der Waals surface area contributed by atoms with Crippen molar-refractivity contribution in [2.75, 3.05) is 12.3 Å². The van der Waals surface area contributed by atoms with Crippen molar-refractivity contribution in [2.45, 2.75) is 10.8 Å². The topological polar surface area (TPSA) is 35.2 Å². The molecule has 1 fully saturated rings. The molecule has 1 aliphatic carbocycles. The van der Waals surface area contributed by atoms with Gasteiger partial charge in [0, 0.05) is 12.0 Å². The summed E-state index contributed by atoms with van der Waals surface area (Å²) in [4.78, 5) is 0. The smallest absolute Gasteiger partial charge is 0.147 e. The van der Waals surface area contributed by atoms with E-state index in [1.54, 1.807) is 0 Å². The second-order valence-electron chi connectivity index (χ2n) is 3.78. The van der Waals surface area contributed by atoms with Crippen LogP contribution < -0.4 is 10.5 Å². The van der Waals surface area contributed by atoms with Crippen LogP contribution in [0, 0.1) is 11.7 Å². The molecule has 88 valence electrons. The Morgan fingerprint density at radius 2 is 2.12 bits per heavy atom. The summed E-state index contributed by atoms with van der Waals surface area (Å²) in [5.41, 5.74) is 5.40. The van der Waals surface area contributed by atoms with E-state index < -0.39 is 10.2 Å². The third-order valence-electron chi connectivity index (χ3n) is 2.45. The van der Waals surface area contributed by atoms with Crippen LogP contribution in [0.15, 0.2) is 12.1 Å². The summed E-state index contributed by atoms with van der Waals surface area (Å²) in [7, 11) is 0. The molecule has 1 aromatic rings. The van der Waals surface area contributed by atoms with E-state index in [4.69, 9.17) is 45.3 Å². The Hall–Kier alpha value is -0.380. The van der Waals surface area contributed by atoms with Gasteiger partial charge in [0.05, 0.1) is 17.3 Å². The van der Waals surface area contributed by atoms with Crippen molar-refractivity contribution in [1.29, 1.82) is 0 Å². The normalized spacial score (nSPS) is 21.9. The number of nitrogens with two attached hydrogens (primary N) is 1. The monoisotopic (exact) mass is 283 g/mol. The Labute approximate surface area is 107 Å². The number of nitrogen functional groups attached to an aromatic ring is 1. The minimum absolute atomic E-state index is 0.00166. The van der Waals surface area contributed by atoms with Crippen LogP contribution in [0.2, 0.25) is 5.02 Å². The first-order valence-electron chi connectivity index (χ1n) is 4.65. The molecule has 0 aromatic heterocycles. The van der Waals surface area contributed by atoms with Crippen molar-refractivity contribution in [3.05, 3.63) is 23.0 Å². The fourth-order valence-corrected chi connectivity index (χ4v) is 2.00. The highest BCUT2D eigenvalue weighted by molar-refractivity contribution is 6.50. The van der Waals surface area contributed by atoms with Crippen LogP contribution in [0.1, 0.15) is 6.42 Å². The van der Waals surface area contributed by atoms with Gasteiger partial charge in [0.2, 0.25) is 0 Å². The fraction of sp³-hybridized carbons (Fsp3) is 0.400. The maximum atomic E-state index is 13.0. The van der Waals surface area contributed by atoms with E-state index in [0.717, 1.165) is 6.07 Å². The maximum Gasteiger partial charge on any atom is 0.147 e. The summed E-state index contributed by atoms with van der Waals surface area (Å²) in [5, 5.41) is 0.182. The van der Waals surface area contributed by atoms with Gasteiger partial charge >= 0.3 is 0 Å². The van der Waals surface area contributed by atoms with Crippen molar-refractivity contribution >= 4 is 40.5 Å². The molecule has 6 heteroatoms. The highest BCUT2D eigenvalue weighted by atomic mass is 35.5. The predicted octanol–water partition coefficient (Wildman–Crippen LogP) is 3.63. The summed E-state index contributed by atoms with van der Waals surface area (Å²) in [6.45, 7) is 0.345. The molecule has 1 aliphatic rings. The second kappa shape index (κ2) is 4.13. The third kappa shape index (κ3) is 2.47. The van der Waals surface area contributed by atoms with E-state index in [1.165, 1.54) is 6.07 Å². The lowest BCUT2D eigenvalue weighted by atomic mass is 10.3. The second-order valence-corrected chi connectivity index (χ2v) is 5.73. The van der Waals surface area contributed by atoms with Crippen molar-refractivity contribution < 1.29 is 9.13 Å². The third-order valence-corrected chi connectivity index (χ3v) is 3.67. The van der Waals surface area contributed by atoms with Gasteiger partial charge in [-0.15, -0.1) is 23.2 Å². The molecule has 1 unspecified atom stereocenters. The maximum absolute atomic E-state index is 13.0. The fourth-order valence-electron chi connectivity index (χ4n) is 1.30. The quantitative estimate of drug-likeness (QED) is 0.679. The van der Waals surface area contributed by atoms with Gasteiger partial charge in [0.25, 0.3) is 0 Å². The molecular weight excluding hydrogens is 275 g/mol. The number of alkyl halides is 2. The summed E-state index contributed by atoms with van der Waals surface area (Å²) >= 11 is 17.5. The van der Waals surface area contributed by atoms with Crippen LogP contribution in [-0.2, 0) is 0 Å². The van der Waals surface area contributed by atoms with Gasteiger partial charge in [-0.3, -0.25) is 0 Å². The molecule has 1 atom stereocenters. The zero-order valence-electron chi connectivity index (χ0n) is 8.14. The highest BCUT2D eigenvalue weighted by Gasteiger charge is 2.52. The van der Waals surface area contributed by atoms with Gasteiger partial charge in [0.15, 0.2) is 0 Å².